The number of nitrogens with one attached hydrogen (secondary N) is 2. The van der Waals surface area contributed by atoms with Crippen molar-refractivity contribution in [1.82, 2.24) is 10.6 Å². The lowest BCUT2D eigenvalue weighted by Crippen LogP contribution is -2.45. The van der Waals surface area contributed by atoms with Crippen LogP contribution in [-0.2, 0) is 16.0 Å². The van der Waals surface area contributed by atoms with E-state index in [2.05, 4.69) is 17.6 Å². The van der Waals surface area contributed by atoms with Crippen LogP contribution in [0.25, 0.3) is 0 Å². The van der Waals surface area contributed by atoms with Gasteiger partial charge in [-0.2, -0.15) is 0 Å². The highest BCUT2D eigenvalue weighted by Gasteiger charge is 2.14. The van der Waals surface area contributed by atoms with Crippen molar-refractivity contribution in [2.75, 3.05) is 20.1 Å². The third kappa shape index (κ3) is 16.7. The summed E-state index contributed by atoms with van der Waals surface area (Å²) in [7, 11) is 1.51. The van der Waals surface area contributed by atoms with Gasteiger partial charge in [-0.05, 0) is 24.9 Å². The molecule has 0 aliphatic carbocycles. The van der Waals surface area contributed by atoms with Gasteiger partial charge in [-0.15, -0.1) is 0 Å². The molecule has 6 N–H and O–H groups in total. The second kappa shape index (κ2) is 20.1. The van der Waals surface area contributed by atoms with Gasteiger partial charge in [0.05, 0.1) is 12.6 Å². The van der Waals surface area contributed by atoms with Gasteiger partial charge >= 0.3 is 0 Å². The summed E-state index contributed by atoms with van der Waals surface area (Å²) in [6.07, 6.45) is 2.84. The number of amides is 2. The molecule has 0 radical (unpaired) electrons. The van der Waals surface area contributed by atoms with Crippen LogP contribution in [0.4, 0.5) is 0 Å². The summed E-state index contributed by atoms with van der Waals surface area (Å²) < 4.78 is 0. The molecule has 0 aliphatic rings. The molecule has 6 nitrogen and oxygen atoms in total. The van der Waals surface area contributed by atoms with Crippen LogP contribution < -0.4 is 22.1 Å². The molecule has 0 heterocycles. The fourth-order valence-corrected chi connectivity index (χ4v) is 1.55. The number of hydrogen-bond acceptors (Lipinski definition) is 4. The van der Waals surface area contributed by atoms with E-state index in [1.54, 1.807) is 0 Å². The van der Waals surface area contributed by atoms with Crippen LogP contribution in [0.15, 0.2) is 30.3 Å². The molecule has 1 aromatic carbocycles. The maximum Gasteiger partial charge on any atom is 0.239 e. The molecule has 6 heteroatoms. The number of benzene rings is 1. The van der Waals surface area contributed by atoms with Crippen LogP contribution in [-0.4, -0.2) is 38.0 Å². The number of unbranched alkanes of at least 4 members (excludes halogenated alkanes) is 1. The van der Waals surface area contributed by atoms with Crippen LogP contribution in [0.5, 0.6) is 0 Å². The molecule has 0 unspecified atom stereocenters. The van der Waals surface area contributed by atoms with Gasteiger partial charge < -0.3 is 22.1 Å². The topological polar surface area (TPSA) is 110 Å². The number of nitrogens with two attached hydrogens (primary N) is 2. The van der Waals surface area contributed by atoms with Crippen molar-refractivity contribution in [2.45, 2.75) is 53.5 Å². The Morgan fingerprint density at radius 2 is 1.72 bits per heavy atom. The molecule has 0 saturated carbocycles. The monoisotopic (exact) mass is 354 g/mol. The summed E-state index contributed by atoms with van der Waals surface area (Å²) in [6.45, 7) is 6.93. The standard InChI is InChI=1S/C12H17N3O2.C4H11N.C2H6.CH4/c1-14-11(16)8-15-12(17)10(13)7-9-5-3-2-4-6-9;1-2-3-4-5;1-2;/h2-6,10H,7-8,13H2,1H3,(H,14,16)(H,15,17);2-5H2,1H3;1-2H3;1H4/t10-;;;/m0.../s1. The second-order valence-electron chi connectivity index (χ2n) is 4.83. The molecule has 0 aromatic heterocycles. The van der Waals surface area contributed by atoms with Gasteiger partial charge in [-0.1, -0.05) is 65.0 Å². The summed E-state index contributed by atoms with van der Waals surface area (Å²) in [4.78, 5) is 22.5. The molecule has 1 atom stereocenters. The largest absolute Gasteiger partial charge is 0.358 e. The molecular formula is C19H38N4O2. The molecule has 0 fully saturated rings. The molecule has 0 saturated heterocycles. The summed E-state index contributed by atoms with van der Waals surface area (Å²) in [6, 6.07) is 8.87. The number of likely N-dealkylation sites (N-methyl/N-ethyl adjacent to an activating group) is 1. The first-order chi connectivity index (χ1) is 11.5. The first-order valence-corrected chi connectivity index (χ1v) is 8.53. The van der Waals surface area contributed by atoms with Gasteiger partial charge in [0.1, 0.15) is 0 Å². The predicted molar refractivity (Wildman–Crippen MR) is 107 cm³/mol. The Morgan fingerprint density at radius 1 is 1.16 bits per heavy atom. The Labute approximate surface area is 153 Å². The molecule has 0 aliphatic heterocycles. The average Bonchev–Trinajstić information content (AvgIpc) is 2.63. The first-order valence-electron chi connectivity index (χ1n) is 8.53. The molecule has 146 valence electrons. The van der Waals surface area contributed by atoms with E-state index in [-0.39, 0.29) is 25.8 Å². The minimum atomic E-state index is -0.637. The number of rotatable bonds is 7. The smallest absolute Gasteiger partial charge is 0.239 e. The van der Waals surface area contributed by atoms with E-state index in [1.165, 1.54) is 19.9 Å². The zero-order chi connectivity index (χ0) is 18.8. The van der Waals surface area contributed by atoms with Crippen molar-refractivity contribution >= 4 is 11.8 Å². The van der Waals surface area contributed by atoms with Crippen molar-refractivity contribution in [3.63, 3.8) is 0 Å². The van der Waals surface area contributed by atoms with Crippen molar-refractivity contribution < 1.29 is 9.59 Å². The minimum absolute atomic E-state index is 0. The molecule has 25 heavy (non-hydrogen) atoms. The molecule has 0 bridgehead atoms. The van der Waals surface area contributed by atoms with Crippen LogP contribution in [0, 0.1) is 0 Å². The lowest BCUT2D eigenvalue weighted by molar-refractivity contribution is -0.126. The van der Waals surface area contributed by atoms with Crippen LogP contribution >= 0.6 is 0 Å². The van der Waals surface area contributed by atoms with Gasteiger partial charge in [0, 0.05) is 7.05 Å². The lowest BCUT2D eigenvalue weighted by Gasteiger charge is -2.11. The SMILES string of the molecule is C.CC.CCCCN.CNC(=O)CNC(=O)[C@@H](N)Cc1ccccc1. The Hall–Kier alpha value is -1.92. The second-order valence-corrected chi connectivity index (χ2v) is 4.83. The maximum atomic E-state index is 11.6. The highest BCUT2D eigenvalue weighted by Crippen LogP contribution is 2.01. The lowest BCUT2D eigenvalue weighted by atomic mass is 10.1. The summed E-state index contributed by atoms with van der Waals surface area (Å²) in [5.74, 6) is -0.567. The van der Waals surface area contributed by atoms with Crippen molar-refractivity contribution in [1.29, 1.82) is 0 Å². The van der Waals surface area contributed by atoms with E-state index in [1.807, 2.05) is 44.2 Å². The highest BCUT2D eigenvalue weighted by molar-refractivity contribution is 5.87. The summed E-state index contributed by atoms with van der Waals surface area (Å²) in [5, 5.41) is 4.89. The van der Waals surface area contributed by atoms with Gasteiger partial charge in [0.2, 0.25) is 11.8 Å². The number of hydrogen-bond donors (Lipinski definition) is 4. The van der Waals surface area contributed by atoms with Crippen LogP contribution in [0.2, 0.25) is 0 Å². The van der Waals surface area contributed by atoms with E-state index in [0.717, 1.165) is 12.1 Å². The highest BCUT2D eigenvalue weighted by atomic mass is 16.2. The van der Waals surface area contributed by atoms with Crippen molar-refractivity contribution in [3.05, 3.63) is 35.9 Å². The van der Waals surface area contributed by atoms with Gasteiger partial charge in [-0.25, -0.2) is 0 Å². The molecule has 0 spiro atoms. The van der Waals surface area contributed by atoms with Gasteiger partial charge in [0.15, 0.2) is 0 Å². The minimum Gasteiger partial charge on any atom is -0.358 e. The van der Waals surface area contributed by atoms with Gasteiger partial charge in [0.25, 0.3) is 0 Å². The third-order valence-electron chi connectivity index (χ3n) is 2.89. The number of carbonyl (C=O) groups is 2. The predicted octanol–water partition coefficient (Wildman–Crippen LogP) is 1.83. The van der Waals surface area contributed by atoms with E-state index in [4.69, 9.17) is 11.5 Å². The quantitative estimate of drug-likeness (QED) is 0.598. The summed E-state index contributed by atoms with van der Waals surface area (Å²) >= 11 is 0. The molecular weight excluding hydrogens is 316 g/mol. The zero-order valence-corrected chi connectivity index (χ0v) is 15.5. The van der Waals surface area contributed by atoms with Crippen molar-refractivity contribution in [2.24, 2.45) is 11.5 Å². The fraction of sp³-hybridized carbons (Fsp3) is 0.579. The third-order valence-corrected chi connectivity index (χ3v) is 2.89. The Bertz CT molecular complexity index is 423. The molecule has 2 amide bonds. The van der Waals surface area contributed by atoms with Crippen molar-refractivity contribution in [3.8, 4) is 0 Å². The van der Waals surface area contributed by atoms with Crippen LogP contribution in [0.3, 0.4) is 0 Å². The summed E-state index contributed by atoms with van der Waals surface area (Å²) in [5.41, 5.74) is 11.9. The molecule has 1 aromatic rings. The number of carbonyl (C=O) groups excluding carboxylic acids is 2. The van der Waals surface area contributed by atoms with E-state index >= 15 is 0 Å². The van der Waals surface area contributed by atoms with E-state index < -0.39 is 6.04 Å². The Kier molecular flexibility index (Phi) is 22.5. The first kappa shape index (κ1) is 27.9. The fourth-order valence-electron chi connectivity index (χ4n) is 1.55. The zero-order valence-electron chi connectivity index (χ0n) is 15.5. The van der Waals surface area contributed by atoms with E-state index in [0.29, 0.717) is 6.42 Å². The Morgan fingerprint density at radius 3 is 2.12 bits per heavy atom. The normalized spacial score (nSPS) is 9.84. The molecule has 1 rings (SSSR count). The Balaban J connectivity index is -0.000000521. The average molecular weight is 355 g/mol. The van der Waals surface area contributed by atoms with E-state index in [9.17, 15) is 9.59 Å². The van der Waals surface area contributed by atoms with Gasteiger partial charge in [-0.3, -0.25) is 9.59 Å². The maximum absolute atomic E-state index is 11.6. The van der Waals surface area contributed by atoms with Crippen LogP contribution in [0.1, 0.15) is 46.6 Å².